The normalized spacial score (nSPS) is 14.3. The molecular weight excluding hydrogens is 240 g/mol. The van der Waals surface area contributed by atoms with Crippen molar-refractivity contribution in [2.75, 3.05) is 5.73 Å². The molecule has 3 N–H and O–H groups in total. The second-order valence-electron chi connectivity index (χ2n) is 4.84. The molecule has 2 heterocycles. The van der Waals surface area contributed by atoms with Crippen LogP contribution in [0.2, 0.25) is 0 Å². The maximum atomic E-state index is 12.2. The molecule has 19 heavy (non-hydrogen) atoms. The molecule has 5 heteroatoms. The number of carbonyl (C=O) groups is 1. The molecule has 1 amide bonds. The van der Waals surface area contributed by atoms with Gasteiger partial charge in [0.05, 0.1) is 5.69 Å². The first-order valence-corrected chi connectivity index (χ1v) is 6.38. The molecule has 0 aliphatic heterocycles. The first-order valence-electron chi connectivity index (χ1n) is 6.38. The molecule has 1 saturated carbocycles. The predicted octanol–water partition coefficient (Wildman–Crippen LogP) is 1.73. The number of hydrogen-bond donors (Lipinski definition) is 2. The Kier molecular flexibility index (Phi) is 2.95. The lowest BCUT2D eigenvalue weighted by Crippen LogP contribution is -2.25. The minimum atomic E-state index is -0.0903. The molecule has 1 fully saturated rings. The standard InChI is InChI=1S/C14H16N4O/c15-11-6-13(18(9-11)12-3-4-12)14(19)17-8-10-2-1-5-16-7-10/h1-2,5-7,9,12H,3-4,8,15H2,(H,17,19). The SMILES string of the molecule is Nc1cc(C(=O)NCc2cccnc2)n(C2CC2)c1. The van der Waals surface area contributed by atoms with Gasteiger partial charge in [-0.25, -0.2) is 0 Å². The lowest BCUT2D eigenvalue weighted by Gasteiger charge is -2.08. The predicted molar refractivity (Wildman–Crippen MR) is 72.5 cm³/mol. The van der Waals surface area contributed by atoms with Gasteiger partial charge in [0, 0.05) is 31.2 Å². The molecule has 0 spiro atoms. The molecule has 5 nitrogen and oxygen atoms in total. The van der Waals surface area contributed by atoms with Gasteiger partial charge in [-0.05, 0) is 30.5 Å². The van der Waals surface area contributed by atoms with Crippen LogP contribution in [0.1, 0.15) is 34.9 Å². The molecule has 98 valence electrons. The van der Waals surface area contributed by atoms with E-state index in [9.17, 15) is 4.79 Å². The molecular formula is C14H16N4O. The molecule has 2 aromatic heterocycles. The summed E-state index contributed by atoms with van der Waals surface area (Å²) in [5.41, 5.74) is 8.04. The van der Waals surface area contributed by atoms with Crippen LogP contribution < -0.4 is 11.1 Å². The smallest absolute Gasteiger partial charge is 0.268 e. The number of pyridine rings is 1. The molecule has 1 aliphatic rings. The third-order valence-corrected chi connectivity index (χ3v) is 3.22. The summed E-state index contributed by atoms with van der Waals surface area (Å²) in [6.45, 7) is 0.475. The van der Waals surface area contributed by atoms with E-state index in [1.54, 1.807) is 18.5 Å². The number of nitrogens with zero attached hydrogens (tertiary/aromatic N) is 2. The summed E-state index contributed by atoms with van der Waals surface area (Å²) in [7, 11) is 0. The lowest BCUT2D eigenvalue weighted by atomic mass is 10.3. The van der Waals surface area contributed by atoms with E-state index < -0.39 is 0 Å². The van der Waals surface area contributed by atoms with Gasteiger partial charge < -0.3 is 15.6 Å². The average molecular weight is 256 g/mol. The van der Waals surface area contributed by atoms with Gasteiger partial charge in [0.1, 0.15) is 5.69 Å². The Bertz CT molecular complexity index is 587. The van der Waals surface area contributed by atoms with Gasteiger partial charge in [-0.3, -0.25) is 9.78 Å². The van der Waals surface area contributed by atoms with Gasteiger partial charge in [-0.2, -0.15) is 0 Å². The monoisotopic (exact) mass is 256 g/mol. The van der Waals surface area contributed by atoms with Gasteiger partial charge in [0.15, 0.2) is 0 Å². The molecule has 0 aromatic carbocycles. The summed E-state index contributed by atoms with van der Waals surface area (Å²) in [6.07, 6.45) is 7.55. The second-order valence-corrected chi connectivity index (χ2v) is 4.84. The van der Waals surface area contributed by atoms with Crippen LogP contribution in [-0.2, 0) is 6.54 Å². The van der Waals surface area contributed by atoms with E-state index in [1.165, 1.54) is 0 Å². The van der Waals surface area contributed by atoms with E-state index in [2.05, 4.69) is 10.3 Å². The number of nitrogens with one attached hydrogen (secondary N) is 1. The number of amides is 1. The Labute approximate surface area is 111 Å². The summed E-state index contributed by atoms with van der Waals surface area (Å²) in [6, 6.07) is 5.96. The van der Waals surface area contributed by atoms with Crippen molar-refractivity contribution in [2.24, 2.45) is 0 Å². The molecule has 0 unspecified atom stereocenters. The second kappa shape index (κ2) is 4.76. The summed E-state index contributed by atoms with van der Waals surface area (Å²) in [4.78, 5) is 16.2. The van der Waals surface area contributed by atoms with Crippen molar-refractivity contribution in [3.8, 4) is 0 Å². The number of rotatable bonds is 4. The number of anilines is 1. The van der Waals surface area contributed by atoms with Gasteiger partial charge in [0.25, 0.3) is 5.91 Å². The van der Waals surface area contributed by atoms with Crippen molar-refractivity contribution in [3.05, 3.63) is 48.0 Å². The van der Waals surface area contributed by atoms with Crippen LogP contribution in [0.5, 0.6) is 0 Å². The third kappa shape index (κ3) is 2.59. The van der Waals surface area contributed by atoms with Crippen molar-refractivity contribution < 1.29 is 4.79 Å². The Morgan fingerprint density at radius 2 is 2.37 bits per heavy atom. The molecule has 0 radical (unpaired) electrons. The fourth-order valence-corrected chi connectivity index (χ4v) is 2.11. The van der Waals surface area contributed by atoms with E-state index >= 15 is 0 Å². The van der Waals surface area contributed by atoms with E-state index in [1.807, 2.05) is 22.9 Å². The maximum Gasteiger partial charge on any atom is 0.268 e. The zero-order chi connectivity index (χ0) is 13.2. The highest BCUT2D eigenvalue weighted by Crippen LogP contribution is 2.37. The van der Waals surface area contributed by atoms with Crippen LogP contribution in [-0.4, -0.2) is 15.5 Å². The Hall–Kier alpha value is -2.30. The summed E-state index contributed by atoms with van der Waals surface area (Å²) < 4.78 is 1.98. The molecule has 0 saturated heterocycles. The largest absolute Gasteiger partial charge is 0.397 e. The number of hydrogen-bond acceptors (Lipinski definition) is 3. The Balaban J connectivity index is 1.70. The lowest BCUT2D eigenvalue weighted by molar-refractivity contribution is 0.0941. The topological polar surface area (TPSA) is 72.9 Å². The third-order valence-electron chi connectivity index (χ3n) is 3.22. The fourth-order valence-electron chi connectivity index (χ4n) is 2.11. The van der Waals surface area contributed by atoms with E-state index in [0.29, 0.717) is 24.0 Å². The zero-order valence-corrected chi connectivity index (χ0v) is 10.5. The van der Waals surface area contributed by atoms with Crippen LogP contribution in [0.4, 0.5) is 5.69 Å². The van der Waals surface area contributed by atoms with E-state index in [-0.39, 0.29) is 5.91 Å². The highest BCUT2D eigenvalue weighted by molar-refractivity contribution is 5.93. The van der Waals surface area contributed by atoms with Crippen molar-refractivity contribution in [1.29, 1.82) is 0 Å². The molecule has 3 rings (SSSR count). The van der Waals surface area contributed by atoms with Gasteiger partial charge >= 0.3 is 0 Å². The molecule has 1 aliphatic carbocycles. The molecule has 2 aromatic rings. The van der Waals surface area contributed by atoms with Crippen LogP contribution in [0.15, 0.2) is 36.8 Å². The van der Waals surface area contributed by atoms with Gasteiger partial charge in [-0.15, -0.1) is 0 Å². The number of nitrogen functional groups attached to an aromatic ring is 1. The summed E-state index contributed by atoms with van der Waals surface area (Å²) >= 11 is 0. The number of carbonyl (C=O) groups excluding carboxylic acids is 1. The summed E-state index contributed by atoms with van der Waals surface area (Å²) in [5, 5.41) is 2.90. The highest BCUT2D eigenvalue weighted by atomic mass is 16.1. The van der Waals surface area contributed by atoms with Crippen molar-refractivity contribution >= 4 is 11.6 Å². The van der Waals surface area contributed by atoms with Crippen LogP contribution in [0.3, 0.4) is 0 Å². The van der Waals surface area contributed by atoms with Crippen LogP contribution >= 0.6 is 0 Å². The first kappa shape index (κ1) is 11.8. The van der Waals surface area contributed by atoms with Crippen LogP contribution in [0.25, 0.3) is 0 Å². The van der Waals surface area contributed by atoms with E-state index in [4.69, 9.17) is 5.73 Å². The van der Waals surface area contributed by atoms with Crippen LogP contribution in [0, 0.1) is 0 Å². The molecule has 0 bridgehead atoms. The van der Waals surface area contributed by atoms with Gasteiger partial charge in [-0.1, -0.05) is 6.07 Å². The Morgan fingerprint density at radius 1 is 1.53 bits per heavy atom. The summed E-state index contributed by atoms with van der Waals surface area (Å²) in [5.74, 6) is -0.0903. The van der Waals surface area contributed by atoms with Crippen molar-refractivity contribution in [3.63, 3.8) is 0 Å². The van der Waals surface area contributed by atoms with Gasteiger partial charge in [0.2, 0.25) is 0 Å². The zero-order valence-electron chi connectivity index (χ0n) is 10.5. The first-order chi connectivity index (χ1) is 9.24. The number of aromatic nitrogens is 2. The quantitative estimate of drug-likeness (QED) is 0.875. The Morgan fingerprint density at radius 3 is 3.05 bits per heavy atom. The number of nitrogens with two attached hydrogens (primary N) is 1. The highest BCUT2D eigenvalue weighted by Gasteiger charge is 2.27. The van der Waals surface area contributed by atoms with Crippen molar-refractivity contribution in [1.82, 2.24) is 14.9 Å². The minimum Gasteiger partial charge on any atom is -0.397 e. The van der Waals surface area contributed by atoms with E-state index in [0.717, 1.165) is 18.4 Å². The molecule has 0 atom stereocenters. The van der Waals surface area contributed by atoms with Crippen molar-refractivity contribution in [2.45, 2.75) is 25.4 Å². The maximum absolute atomic E-state index is 12.2. The fraction of sp³-hybridized carbons (Fsp3) is 0.286. The minimum absolute atomic E-state index is 0.0903. The average Bonchev–Trinajstić information content (AvgIpc) is 3.20.